The summed E-state index contributed by atoms with van der Waals surface area (Å²) in [6.45, 7) is 1.01. The summed E-state index contributed by atoms with van der Waals surface area (Å²) < 4.78 is 4.88. The summed E-state index contributed by atoms with van der Waals surface area (Å²) in [6, 6.07) is 5.10. The predicted octanol–water partition coefficient (Wildman–Crippen LogP) is 1.87. The number of aliphatic imine (C=N–C) groups is 1. The quantitative estimate of drug-likeness (QED) is 0.258. The molecule has 0 atom stereocenters. The van der Waals surface area contributed by atoms with E-state index in [2.05, 4.69) is 15.7 Å². The number of hydrazine groups is 1. The summed E-state index contributed by atoms with van der Waals surface area (Å²) in [5, 5.41) is 4.01. The highest BCUT2D eigenvalue weighted by Gasteiger charge is 2.03. The van der Waals surface area contributed by atoms with Crippen LogP contribution in [0.3, 0.4) is 0 Å². The maximum absolute atomic E-state index is 6.00. The molecule has 0 aliphatic carbocycles. The molecule has 4 N–H and O–H groups in total. The number of hydrogen-bond acceptors (Lipinski definition) is 3. The van der Waals surface area contributed by atoms with Gasteiger partial charge in [0.05, 0.1) is 23.9 Å². The van der Waals surface area contributed by atoms with Crippen molar-refractivity contribution in [1.29, 1.82) is 0 Å². The maximum Gasteiger partial charge on any atom is 0.210 e. The van der Waals surface area contributed by atoms with Gasteiger partial charge in [0, 0.05) is 12.1 Å². The number of anilines is 1. The monoisotopic (exact) mass is 276 g/mol. The summed E-state index contributed by atoms with van der Waals surface area (Å²) in [4.78, 5) is 4.14. The zero-order valence-corrected chi connectivity index (χ0v) is 10.8. The van der Waals surface area contributed by atoms with E-state index >= 15 is 0 Å². The van der Waals surface area contributed by atoms with Crippen molar-refractivity contribution in [3.63, 3.8) is 0 Å². The fourth-order valence-electron chi connectivity index (χ4n) is 1.09. The molecule has 1 aromatic carbocycles. The van der Waals surface area contributed by atoms with Crippen molar-refractivity contribution in [3.05, 3.63) is 28.2 Å². The Morgan fingerprint density at radius 3 is 2.82 bits per heavy atom. The molecule has 0 aromatic heterocycles. The van der Waals surface area contributed by atoms with Gasteiger partial charge in [0.15, 0.2) is 0 Å². The Bertz CT molecular complexity index is 398. The van der Waals surface area contributed by atoms with E-state index in [4.69, 9.17) is 33.8 Å². The highest BCUT2D eigenvalue weighted by atomic mass is 35.5. The molecule has 0 saturated carbocycles. The van der Waals surface area contributed by atoms with Crippen LogP contribution in [-0.2, 0) is 4.74 Å². The highest BCUT2D eigenvalue weighted by Crippen LogP contribution is 2.25. The van der Waals surface area contributed by atoms with Crippen LogP contribution in [0, 0.1) is 0 Å². The molecule has 0 unspecified atom stereocenters. The molecule has 5 nitrogen and oxygen atoms in total. The van der Waals surface area contributed by atoms with Gasteiger partial charge in [0.25, 0.3) is 0 Å². The van der Waals surface area contributed by atoms with Crippen molar-refractivity contribution in [2.45, 2.75) is 0 Å². The van der Waals surface area contributed by atoms with Gasteiger partial charge in [-0.1, -0.05) is 23.2 Å². The van der Waals surface area contributed by atoms with Crippen molar-refractivity contribution in [2.75, 3.05) is 25.6 Å². The van der Waals surface area contributed by atoms with Gasteiger partial charge in [0.1, 0.15) is 0 Å². The first-order chi connectivity index (χ1) is 8.17. The van der Waals surface area contributed by atoms with Crippen LogP contribution >= 0.6 is 23.2 Å². The van der Waals surface area contributed by atoms with Crippen molar-refractivity contribution in [1.82, 2.24) is 5.43 Å². The molecular formula is C10H14Cl2N4O. The Balaban J connectivity index is 2.70. The standard InChI is InChI=1S/C10H14Cl2N4O/c1-17-5-4-14-10(16-13)15-9-3-2-7(11)6-8(9)12/h2-3,6H,4-5,13H2,1H3,(H2,14,15,16). The number of guanidine groups is 1. The number of hydrogen-bond donors (Lipinski definition) is 3. The molecular weight excluding hydrogens is 263 g/mol. The van der Waals surface area contributed by atoms with E-state index in [1.807, 2.05) is 0 Å². The molecule has 0 amide bonds. The Kier molecular flexibility index (Phi) is 6.07. The third-order valence-corrected chi connectivity index (χ3v) is 2.43. The van der Waals surface area contributed by atoms with Crippen LogP contribution in [0.4, 0.5) is 5.69 Å². The lowest BCUT2D eigenvalue weighted by atomic mass is 10.3. The van der Waals surface area contributed by atoms with Crippen LogP contribution in [-0.4, -0.2) is 26.2 Å². The van der Waals surface area contributed by atoms with Crippen molar-refractivity contribution < 1.29 is 4.74 Å². The summed E-state index contributed by atoms with van der Waals surface area (Å²) in [7, 11) is 1.61. The molecule has 0 aliphatic rings. The lowest BCUT2D eigenvalue weighted by Crippen LogP contribution is -2.36. The number of ether oxygens (including phenoxy) is 1. The molecule has 0 saturated heterocycles. The normalized spacial score (nSPS) is 11.4. The Labute approximate surface area is 110 Å². The van der Waals surface area contributed by atoms with Gasteiger partial charge < -0.3 is 10.1 Å². The van der Waals surface area contributed by atoms with E-state index in [-0.39, 0.29) is 0 Å². The molecule has 7 heteroatoms. The first-order valence-electron chi connectivity index (χ1n) is 4.89. The summed E-state index contributed by atoms with van der Waals surface area (Å²) in [5.74, 6) is 5.74. The number of benzene rings is 1. The number of nitrogens with zero attached hydrogens (tertiary/aromatic N) is 1. The second-order valence-electron chi connectivity index (χ2n) is 3.12. The smallest absolute Gasteiger partial charge is 0.210 e. The molecule has 0 fully saturated rings. The predicted molar refractivity (Wildman–Crippen MR) is 71.6 cm³/mol. The molecule has 1 aromatic rings. The zero-order valence-electron chi connectivity index (χ0n) is 9.34. The summed E-state index contributed by atoms with van der Waals surface area (Å²) in [6.07, 6.45) is 0. The van der Waals surface area contributed by atoms with Crippen molar-refractivity contribution in [2.24, 2.45) is 10.8 Å². The van der Waals surface area contributed by atoms with Crippen LogP contribution in [0.5, 0.6) is 0 Å². The van der Waals surface area contributed by atoms with E-state index in [1.165, 1.54) is 0 Å². The molecule has 1 rings (SSSR count). The van der Waals surface area contributed by atoms with E-state index < -0.39 is 0 Å². The highest BCUT2D eigenvalue weighted by molar-refractivity contribution is 6.36. The van der Waals surface area contributed by atoms with Gasteiger partial charge >= 0.3 is 0 Å². The first-order valence-corrected chi connectivity index (χ1v) is 5.65. The van der Waals surface area contributed by atoms with E-state index in [0.29, 0.717) is 34.8 Å². The SMILES string of the molecule is COCCN=C(NN)Nc1ccc(Cl)cc1Cl. The molecule has 94 valence electrons. The van der Waals surface area contributed by atoms with Crippen LogP contribution in [0.2, 0.25) is 10.0 Å². The average molecular weight is 277 g/mol. The molecule has 0 bridgehead atoms. The summed E-state index contributed by atoms with van der Waals surface area (Å²) in [5.41, 5.74) is 3.11. The van der Waals surface area contributed by atoms with E-state index in [0.717, 1.165) is 0 Å². The Morgan fingerprint density at radius 2 is 2.24 bits per heavy atom. The van der Waals surface area contributed by atoms with Gasteiger partial charge in [-0.05, 0) is 18.2 Å². The molecule has 17 heavy (non-hydrogen) atoms. The van der Waals surface area contributed by atoms with Crippen LogP contribution in [0.15, 0.2) is 23.2 Å². The number of nitrogens with one attached hydrogen (secondary N) is 2. The number of methoxy groups -OCH3 is 1. The van der Waals surface area contributed by atoms with E-state index in [1.54, 1.807) is 25.3 Å². The third-order valence-electron chi connectivity index (χ3n) is 1.89. The lowest BCUT2D eigenvalue weighted by Gasteiger charge is -2.10. The number of nitrogens with two attached hydrogens (primary N) is 1. The minimum Gasteiger partial charge on any atom is -0.383 e. The maximum atomic E-state index is 6.00. The van der Waals surface area contributed by atoms with Gasteiger partial charge in [-0.2, -0.15) is 0 Å². The lowest BCUT2D eigenvalue weighted by molar-refractivity contribution is 0.208. The van der Waals surface area contributed by atoms with Gasteiger partial charge in [0.2, 0.25) is 5.96 Å². The fraction of sp³-hybridized carbons (Fsp3) is 0.300. The fourth-order valence-corrected chi connectivity index (χ4v) is 1.54. The van der Waals surface area contributed by atoms with Crippen LogP contribution in [0.25, 0.3) is 0 Å². The Morgan fingerprint density at radius 1 is 1.47 bits per heavy atom. The molecule has 0 heterocycles. The van der Waals surface area contributed by atoms with Gasteiger partial charge in [-0.3, -0.25) is 5.43 Å². The minimum absolute atomic E-state index is 0.409. The van der Waals surface area contributed by atoms with Crippen LogP contribution in [0.1, 0.15) is 0 Å². The molecule has 0 aliphatic heterocycles. The zero-order chi connectivity index (χ0) is 12.7. The second kappa shape index (κ2) is 7.34. The second-order valence-corrected chi connectivity index (χ2v) is 3.96. The molecule has 0 spiro atoms. The van der Waals surface area contributed by atoms with Crippen LogP contribution < -0.4 is 16.6 Å². The average Bonchev–Trinajstić information content (AvgIpc) is 2.31. The van der Waals surface area contributed by atoms with E-state index in [9.17, 15) is 0 Å². The number of halogens is 2. The Hall–Kier alpha value is -1.01. The van der Waals surface area contributed by atoms with Gasteiger partial charge in [-0.15, -0.1) is 0 Å². The summed E-state index contributed by atoms with van der Waals surface area (Å²) >= 11 is 11.8. The van der Waals surface area contributed by atoms with Crippen molar-refractivity contribution >= 4 is 34.8 Å². The first kappa shape index (κ1) is 14.1. The van der Waals surface area contributed by atoms with Crippen molar-refractivity contribution in [3.8, 4) is 0 Å². The number of rotatable bonds is 4. The largest absolute Gasteiger partial charge is 0.383 e. The van der Waals surface area contributed by atoms with Gasteiger partial charge in [-0.25, -0.2) is 10.8 Å². The topological polar surface area (TPSA) is 71.7 Å². The third kappa shape index (κ3) is 4.79. The molecule has 0 radical (unpaired) electrons. The minimum atomic E-state index is 0.409.